The molecule has 1 atom stereocenters. The van der Waals surface area contributed by atoms with Gasteiger partial charge in [0.15, 0.2) is 0 Å². The summed E-state index contributed by atoms with van der Waals surface area (Å²) in [5.41, 5.74) is 0. The summed E-state index contributed by atoms with van der Waals surface area (Å²) in [6, 6.07) is -0.107. The number of nitrogens with zero attached hydrogens (tertiary/aromatic N) is 2. The van der Waals surface area contributed by atoms with Crippen molar-refractivity contribution >= 4 is 17.9 Å². The maximum absolute atomic E-state index is 12.4. The van der Waals surface area contributed by atoms with Crippen LogP contribution in [-0.4, -0.2) is 66.0 Å². The van der Waals surface area contributed by atoms with Crippen LogP contribution in [0.2, 0.25) is 0 Å². The number of piperidine rings is 1. The monoisotopic (exact) mass is 327 g/mol. The standard InChI is InChI=1S/C16H29N3O4/c1-12(2)10-17-16(23)19-9-4-6-13(11-19)15(22)18(3)8-5-7-14(20)21/h12-13H,4-11H2,1-3H3,(H,17,23)(H,20,21). The minimum atomic E-state index is -0.850. The van der Waals surface area contributed by atoms with Gasteiger partial charge in [-0.1, -0.05) is 13.8 Å². The van der Waals surface area contributed by atoms with Gasteiger partial charge in [-0.2, -0.15) is 0 Å². The van der Waals surface area contributed by atoms with E-state index in [9.17, 15) is 14.4 Å². The van der Waals surface area contributed by atoms with Crippen LogP contribution >= 0.6 is 0 Å². The summed E-state index contributed by atoms with van der Waals surface area (Å²) in [5.74, 6) is -0.654. The molecule has 7 heteroatoms. The van der Waals surface area contributed by atoms with Gasteiger partial charge in [0.25, 0.3) is 0 Å². The molecule has 1 rings (SSSR count). The molecule has 0 spiro atoms. The largest absolute Gasteiger partial charge is 0.481 e. The summed E-state index contributed by atoms with van der Waals surface area (Å²) in [7, 11) is 1.70. The highest BCUT2D eigenvalue weighted by Gasteiger charge is 2.30. The fourth-order valence-corrected chi connectivity index (χ4v) is 2.66. The third-order valence-corrected chi connectivity index (χ3v) is 3.98. The van der Waals surface area contributed by atoms with E-state index in [1.807, 2.05) is 13.8 Å². The number of carbonyl (C=O) groups excluding carboxylic acids is 2. The van der Waals surface area contributed by atoms with E-state index in [4.69, 9.17) is 5.11 Å². The van der Waals surface area contributed by atoms with Gasteiger partial charge in [-0.05, 0) is 25.2 Å². The molecular formula is C16H29N3O4. The van der Waals surface area contributed by atoms with Crippen LogP contribution in [0.5, 0.6) is 0 Å². The van der Waals surface area contributed by atoms with Gasteiger partial charge in [0, 0.05) is 39.6 Å². The quantitative estimate of drug-likeness (QED) is 0.739. The lowest BCUT2D eigenvalue weighted by Gasteiger charge is -2.34. The van der Waals surface area contributed by atoms with Gasteiger partial charge in [-0.15, -0.1) is 0 Å². The molecular weight excluding hydrogens is 298 g/mol. The molecule has 3 amide bonds. The van der Waals surface area contributed by atoms with Crippen LogP contribution in [0.1, 0.15) is 39.5 Å². The summed E-state index contributed by atoms with van der Waals surface area (Å²) in [6.45, 7) is 6.25. The Morgan fingerprint density at radius 2 is 2.04 bits per heavy atom. The van der Waals surface area contributed by atoms with Gasteiger partial charge < -0.3 is 20.2 Å². The molecule has 0 aliphatic carbocycles. The topological polar surface area (TPSA) is 90.0 Å². The molecule has 1 saturated heterocycles. The third kappa shape index (κ3) is 6.88. The van der Waals surface area contributed by atoms with E-state index in [2.05, 4.69) is 5.32 Å². The SMILES string of the molecule is CC(C)CNC(=O)N1CCCC(C(=O)N(C)CCCC(=O)O)C1. The second-order valence-electron chi connectivity index (χ2n) is 6.62. The number of urea groups is 1. The Morgan fingerprint density at radius 3 is 2.65 bits per heavy atom. The molecule has 1 heterocycles. The van der Waals surface area contributed by atoms with Crippen LogP contribution in [0.25, 0.3) is 0 Å². The predicted molar refractivity (Wildman–Crippen MR) is 87.0 cm³/mol. The average molecular weight is 327 g/mol. The zero-order valence-corrected chi connectivity index (χ0v) is 14.4. The summed E-state index contributed by atoms with van der Waals surface area (Å²) >= 11 is 0. The fourth-order valence-electron chi connectivity index (χ4n) is 2.66. The lowest BCUT2D eigenvalue weighted by molar-refractivity contribution is -0.139. The third-order valence-electron chi connectivity index (χ3n) is 3.98. The van der Waals surface area contributed by atoms with Gasteiger partial charge in [0.1, 0.15) is 0 Å². The maximum Gasteiger partial charge on any atom is 0.317 e. The number of rotatable bonds is 7. The molecule has 0 aromatic rings. The van der Waals surface area contributed by atoms with Crippen molar-refractivity contribution in [2.75, 3.05) is 33.2 Å². The summed E-state index contributed by atoms with van der Waals surface area (Å²) < 4.78 is 0. The van der Waals surface area contributed by atoms with Crippen molar-refractivity contribution in [1.82, 2.24) is 15.1 Å². The number of carbonyl (C=O) groups is 3. The van der Waals surface area contributed by atoms with E-state index in [0.717, 1.165) is 12.8 Å². The van der Waals surface area contributed by atoms with E-state index in [1.165, 1.54) is 0 Å². The van der Waals surface area contributed by atoms with E-state index >= 15 is 0 Å². The van der Waals surface area contributed by atoms with Crippen molar-refractivity contribution in [1.29, 1.82) is 0 Å². The van der Waals surface area contributed by atoms with Gasteiger partial charge in [-0.25, -0.2) is 4.79 Å². The van der Waals surface area contributed by atoms with Crippen molar-refractivity contribution in [3.8, 4) is 0 Å². The Morgan fingerprint density at radius 1 is 1.35 bits per heavy atom. The van der Waals surface area contributed by atoms with Crippen LogP contribution in [-0.2, 0) is 9.59 Å². The number of carboxylic acids is 1. The number of hydrogen-bond acceptors (Lipinski definition) is 3. The predicted octanol–water partition coefficient (Wildman–Crippen LogP) is 1.39. The van der Waals surface area contributed by atoms with Crippen molar-refractivity contribution in [3.05, 3.63) is 0 Å². The van der Waals surface area contributed by atoms with Crippen LogP contribution < -0.4 is 5.32 Å². The molecule has 0 aromatic heterocycles. The molecule has 23 heavy (non-hydrogen) atoms. The lowest BCUT2D eigenvalue weighted by atomic mass is 9.96. The molecule has 2 N–H and O–H groups in total. The first-order valence-corrected chi connectivity index (χ1v) is 8.30. The fraction of sp³-hybridized carbons (Fsp3) is 0.812. The van der Waals surface area contributed by atoms with Gasteiger partial charge >= 0.3 is 12.0 Å². The zero-order chi connectivity index (χ0) is 17.4. The minimum absolute atomic E-state index is 0.00301. The van der Waals surface area contributed by atoms with Crippen LogP contribution in [0.4, 0.5) is 4.79 Å². The smallest absolute Gasteiger partial charge is 0.317 e. The van der Waals surface area contributed by atoms with E-state index in [-0.39, 0.29) is 24.3 Å². The second kappa shape index (κ2) is 9.37. The summed E-state index contributed by atoms with van der Waals surface area (Å²) in [6.07, 6.45) is 2.10. The summed E-state index contributed by atoms with van der Waals surface area (Å²) in [4.78, 5) is 38.4. The molecule has 1 aliphatic rings. The molecule has 0 bridgehead atoms. The molecule has 7 nitrogen and oxygen atoms in total. The summed E-state index contributed by atoms with van der Waals surface area (Å²) in [5, 5.41) is 11.5. The van der Waals surface area contributed by atoms with Gasteiger partial charge in [0.05, 0.1) is 5.92 Å². The Hall–Kier alpha value is -1.79. The average Bonchev–Trinajstić information content (AvgIpc) is 2.51. The van der Waals surface area contributed by atoms with E-state index in [1.54, 1.807) is 16.8 Å². The second-order valence-corrected chi connectivity index (χ2v) is 6.62. The van der Waals surface area contributed by atoms with E-state index < -0.39 is 5.97 Å². The van der Waals surface area contributed by atoms with Crippen molar-refractivity contribution in [2.24, 2.45) is 11.8 Å². The van der Waals surface area contributed by atoms with E-state index in [0.29, 0.717) is 38.5 Å². The lowest BCUT2D eigenvalue weighted by Crippen LogP contribution is -2.49. The van der Waals surface area contributed by atoms with Gasteiger partial charge in [0.2, 0.25) is 5.91 Å². The highest BCUT2D eigenvalue weighted by molar-refractivity contribution is 5.80. The Kier molecular flexibility index (Phi) is 7.85. The Balaban J connectivity index is 2.45. The number of hydrogen-bond donors (Lipinski definition) is 2. The molecule has 1 fully saturated rings. The number of likely N-dealkylation sites (tertiary alicyclic amines) is 1. The van der Waals surface area contributed by atoms with Gasteiger partial charge in [-0.3, -0.25) is 9.59 Å². The molecule has 0 radical (unpaired) electrons. The normalized spacial score (nSPS) is 17.9. The van der Waals surface area contributed by atoms with Crippen LogP contribution in [0.15, 0.2) is 0 Å². The molecule has 0 aromatic carbocycles. The highest BCUT2D eigenvalue weighted by atomic mass is 16.4. The van der Waals surface area contributed by atoms with Crippen molar-refractivity contribution < 1.29 is 19.5 Å². The molecule has 1 unspecified atom stereocenters. The Labute approximate surface area is 138 Å². The zero-order valence-electron chi connectivity index (χ0n) is 14.4. The maximum atomic E-state index is 12.4. The van der Waals surface area contributed by atoms with Crippen LogP contribution in [0.3, 0.4) is 0 Å². The molecule has 0 saturated carbocycles. The number of aliphatic carboxylic acids is 1. The van der Waals surface area contributed by atoms with Crippen molar-refractivity contribution in [2.45, 2.75) is 39.5 Å². The number of nitrogens with one attached hydrogen (secondary N) is 1. The first-order valence-electron chi connectivity index (χ1n) is 8.30. The molecule has 1 aliphatic heterocycles. The van der Waals surface area contributed by atoms with Crippen LogP contribution in [0, 0.1) is 11.8 Å². The molecule has 132 valence electrons. The number of amides is 3. The first kappa shape index (κ1) is 19.3. The highest BCUT2D eigenvalue weighted by Crippen LogP contribution is 2.19. The van der Waals surface area contributed by atoms with Crippen molar-refractivity contribution in [3.63, 3.8) is 0 Å². The minimum Gasteiger partial charge on any atom is -0.481 e. The number of carboxylic acid groups (broad SMARTS) is 1. The first-order chi connectivity index (χ1) is 10.8. The Bertz CT molecular complexity index is 426.